The minimum atomic E-state index is -0.818. The van der Waals surface area contributed by atoms with Crippen molar-refractivity contribution in [2.24, 2.45) is 10.8 Å². The molecule has 0 aliphatic heterocycles. The summed E-state index contributed by atoms with van der Waals surface area (Å²) in [5.74, 6) is -0.818. The monoisotopic (exact) mass is 235 g/mol. The van der Waals surface area contributed by atoms with Crippen molar-refractivity contribution < 1.29 is 14.7 Å². The van der Waals surface area contributed by atoms with Crippen molar-refractivity contribution in [1.82, 2.24) is 5.43 Å². The predicted molar refractivity (Wildman–Crippen MR) is 62.7 cm³/mol. The topological polar surface area (TPSA) is 105 Å². The highest BCUT2D eigenvalue weighted by Crippen LogP contribution is 2.05. The molecular weight excluding hydrogens is 222 g/mol. The maximum absolute atomic E-state index is 10.4. The van der Waals surface area contributed by atoms with Crippen LogP contribution in [0.1, 0.15) is 17.5 Å². The number of primary amides is 1. The Bertz CT molecular complexity index is 426. The smallest absolute Gasteiger partial charge is 0.332 e. The van der Waals surface area contributed by atoms with E-state index >= 15 is 0 Å². The van der Waals surface area contributed by atoms with Crippen molar-refractivity contribution in [3.63, 3.8) is 0 Å². The molecule has 0 aliphatic rings. The van der Waals surface area contributed by atoms with Gasteiger partial charge in [0.15, 0.2) is 0 Å². The van der Waals surface area contributed by atoms with Gasteiger partial charge in [0, 0.05) is 6.42 Å². The van der Waals surface area contributed by atoms with Gasteiger partial charge in [-0.3, -0.25) is 4.79 Å². The maximum Gasteiger partial charge on any atom is 0.332 e. The van der Waals surface area contributed by atoms with Gasteiger partial charge in [-0.15, -0.1) is 0 Å². The number of amides is 2. The standard InChI is InChI=1S/C11H13N3O3/c12-11(17)14-13-7-9-3-1-8(2-4-9)5-6-10(15)16/h1-4,7H,5-6H2,(H,15,16)(H3,12,14,17). The van der Waals surface area contributed by atoms with Crippen LogP contribution in [-0.4, -0.2) is 23.3 Å². The summed E-state index contributed by atoms with van der Waals surface area (Å²) in [6, 6.07) is 6.47. The number of carbonyl (C=O) groups excluding carboxylic acids is 1. The molecule has 0 unspecified atom stereocenters. The van der Waals surface area contributed by atoms with E-state index in [0.717, 1.165) is 11.1 Å². The van der Waals surface area contributed by atoms with Gasteiger partial charge in [-0.05, 0) is 17.5 Å². The van der Waals surface area contributed by atoms with E-state index in [1.807, 2.05) is 12.1 Å². The summed E-state index contributed by atoms with van der Waals surface area (Å²) in [6.07, 6.45) is 2.05. The van der Waals surface area contributed by atoms with E-state index in [4.69, 9.17) is 10.8 Å². The van der Waals surface area contributed by atoms with Gasteiger partial charge < -0.3 is 10.8 Å². The first-order chi connectivity index (χ1) is 8.08. The number of carbonyl (C=O) groups is 2. The second-order valence-corrected chi connectivity index (χ2v) is 3.37. The Morgan fingerprint density at radius 2 is 2.00 bits per heavy atom. The molecule has 4 N–H and O–H groups in total. The quantitative estimate of drug-likeness (QED) is 0.517. The number of nitrogens with one attached hydrogen (secondary N) is 1. The number of benzene rings is 1. The molecule has 1 rings (SSSR count). The fourth-order valence-electron chi connectivity index (χ4n) is 1.19. The van der Waals surface area contributed by atoms with Crippen LogP contribution in [0.5, 0.6) is 0 Å². The molecule has 17 heavy (non-hydrogen) atoms. The average Bonchev–Trinajstić information content (AvgIpc) is 2.27. The summed E-state index contributed by atoms with van der Waals surface area (Å²) >= 11 is 0. The van der Waals surface area contributed by atoms with Crippen LogP contribution in [0.2, 0.25) is 0 Å². The van der Waals surface area contributed by atoms with Gasteiger partial charge in [0.05, 0.1) is 6.21 Å². The Morgan fingerprint density at radius 1 is 1.35 bits per heavy atom. The first kappa shape index (κ1) is 12.7. The van der Waals surface area contributed by atoms with Gasteiger partial charge in [0.25, 0.3) is 0 Å². The summed E-state index contributed by atoms with van der Waals surface area (Å²) in [5, 5.41) is 12.1. The molecule has 1 aromatic carbocycles. The van der Waals surface area contributed by atoms with Crippen molar-refractivity contribution in [2.75, 3.05) is 0 Å². The summed E-state index contributed by atoms with van der Waals surface area (Å²) in [7, 11) is 0. The fraction of sp³-hybridized carbons (Fsp3) is 0.182. The van der Waals surface area contributed by atoms with Crippen LogP contribution in [0.25, 0.3) is 0 Å². The minimum Gasteiger partial charge on any atom is -0.481 e. The van der Waals surface area contributed by atoms with Gasteiger partial charge in [0.2, 0.25) is 0 Å². The molecule has 0 saturated carbocycles. The van der Waals surface area contributed by atoms with Gasteiger partial charge in [0.1, 0.15) is 0 Å². The van der Waals surface area contributed by atoms with E-state index < -0.39 is 12.0 Å². The van der Waals surface area contributed by atoms with Crippen molar-refractivity contribution >= 4 is 18.2 Å². The number of urea groups is 1. The molecule has 0 radical (unpaired) electrons. The Balaban J connectivity index is 2.52. The van der Waals surface area contributed by atoms with Gasteiger partial charge in [-0.1, -0.05) is 24.3 Å². The highest BCUT2D eigenvalue weighted by atomic mass is 16.4. The lowest BCUT2D eigenvalue weighted by Gasteiger charge is -1.99. The van der Waals surface area contributed by atoms with Crippen molar-refractivity contribution in [2.45, 2.75) is 12.8 Å². The molecule has 6 nitrogen and oxygen atoms in total. The highest BCUT2D eigenvalue weighted by Gasteiger charge is 1.98. The summed E-state index contributed by atoms with van der Waals surface area (Å²) in [6.45, 7) is 0. The van der Waals surface area contributed by atoms with Crippen LogP contribution in [-0.2, 0) is 11.2 Å². The number of hydrazone groups is 1. The number of aliphatic carboxylic acids is 1. The number of hydrogen-bond donors (Lipinski definition) is 3. The van der Waals surface area contributed by atoms with Crippen LogP contribution in [0.3, 0.4) is 0 Å². The van der Waals surface area contributed by atoms with Crippen molar-refractivity contribution in [1.29, 1.82) is 0 Å². The molecule has 0 aromatic heterocycles. The zero-order valence-electron chi connectivity index (χ0n) is 9.09. The van der Waals surface area contributed by atoms with Gasteiger partial charge >= 0.3 is 12.0 Å². The molecule has 1 aromatic rings. The lowest BCUT2D eigenvalue weighted by Crippen LogP contribution is -2.24. The van der Waals surface area contributed by atoms with Gasteiger partial charge in [-0.25, -0.2) is 10.2 Å². The largest absolute Gasteiger partial charge is 0.481 e. The zero-order chi connectivity index (χ0) is 12.7. The fourth-order valence-corrected chi connectivity index (χ4v) is 1.19. The highest BCUT2D eigenvalue weighted by molar-refractivity contribution is 5.81. The van der Waals surface area contributed by atoms with Crippen LogP contribution in [0.15, 0.2) is 29.4 Å². The Hall–Kier alpha value is -2.37. The number of hydrogen-bond acceptors (Lipinski definition) is 3. The Morgan fingerprint density at radius 3 is 2.53 bits per heavy atom. The molecule has 0 aliphatic carbocycles. The number of carboxylic acids is 1. The van der Waals surface area contributed by atoms with E-state index in [1.54, 1.807) is 12.1 Å². The second kappa shape index (κ2) is 6.26. The second-order valence-electron chi connectivity index (χ2n) is 3.37. The SMILES string of the molecule is NC(=O)NN=Cc1ccc(CCC(=O)O)cc1. The summed E-state index contributed by atoms with van der Waals surface area (Å²) in [4.78, 5) is 20.7. The molecule has 6 heteroatoms. The van der Waals surface area contributed by atoms with Crippen LogP contribution >= 0.6 is 0 Å². The average molecular weight is 235 g/mol. The van der Waals surface area contributed by atoms with E-state index in [9.17, 15) is 9.59 Å². The molecular formula is C11H13N3O3. The molecule has 0 saturated heterocycles. The molecule has 2 amide bonds. The summed E-state index contributed by atoms with van der Waals surface area (Å²) in [5.41, 5.74) is 8.64. The molecule has 0 fully saturated rings. The number of nitrogens with zero attached hydrogens (tertiary/aromatic N) is 1. The van der Waals surface area contributed by atoms with Crippen LogP contribution < -0.4 is 11.2 Å². The molecule has 90 valence electrons. The third kappa shape index (κ3) is 5.31. The first-order valence-electron chi connectivity index (χ1n) is 4.97. The van der Waals surface area contributed by atoms with Crippen LogP contribution in [0, 0.1) is 0 Å². The van der Waals surface area contributed by atoms with E-state index in [1.165, 1.54) is 6.21 Å². The summed E-state index contributed by atoms with van der Waals surface area (Å²) < 4.78 is 0. The molecule has 0 bridgehead atoms. The Kier molecular flexibility index (Phi) is 4.68. The van der Waals surface area contributed by atoms with E-state index in [2.05, 4.69) is 10.5 Å². The number of nitrogens with two attached hydrogens (primary N) is 1. The molecule has 0 spiro atoms. The minimum absolute atomic E-state index is 0.108. The predicted octanol–water partition coefficient (Wildman–Crippen LogP) is 0.706. The van der Waals surface area contributed by atoms with Gasteiger partial charge in [-0.2, -0.15) is 5.10 Å². The number of rotatable bonds is 5. The van der Waals surface area contributed by atoms with E-state index in [0.29, 0.717) is 6.42 Å². The van der Waals surface area contributed by atoms with E-state index in [-0.39, 0.29) is 6.42 Å². The van der Waals surface area contributed by atoms with Crippen LogP contribution in [0.4, 0.5) is 4.79 Å². The maximum atomic E-state index is 10.4. The zero-order valence-corrected chi connectivity index (χ0v) is 9.09. The molecule has 0 atom stereocenters. The number of carboxylic acid groups (broad SMARTS) is 1. The first-order valence-corrected chi connectivity index (χ1v) is 4.97. The molecule has 0 heterocycles. The third-order valence-corrected chi connectivity index (χ3v) is 2.00. The third-order valence-electron chi connectivity index (χ3n) is 2.00. The lowest BCUT2D eigenvalue weighted by atomic mass is 10.1. The van der Waals surface area contributed by atoms with Crippen molar-refractivity contribution in [3.8, 4) is 0 Å². The van der Waals surface area contributed by atoms with Crippen molar-refractivity contribution in [3.05, 3.63) is 35.4 Å². The normalized spacial score (nSPS) is 10.4. The number of aryl methyl sites for hydroxylation is 1. The lowest BCUT2D eigenvalue weighted by molar-refractivity contribution is -0.136. The Labute approximate surface area is 98.1 Å².